The molecule has 0 saturated carbocycles. The molecule has 0 aromatic heterocycles. The normalized spacial score (nSPS) is 24.2. The van der Waals surface area contributed by atoms with Gasteiger partial charge in [-0.1, -0.05) is 0 Å². The number of hydrogen-bond acceptors (Lipinski definition) is 2. The highest BCUT2D eigenvalue weighted by Gasteiger charge is 2.36. The monoisotopic (exact) mass is 171 g/mol. The lowest BCUT2D eigenvalue weighted by atomic mass is 10.0. The molecular weight excluding hydrogens is 154 g/mol. The van der Waals surface area contributed by atoms with E-state index >= 15 is 0 Å². The van der Waals surface area contributed by atoms with Crippen molar-refractivity contribution in [3.8, 4) is 0 Å². The van der Waals surface area contributed by atoms with Crippen molar-refractivity contribution >= 4 is 5.91 Å². The van der Waals surface area contributed by atoms with Crippen LogP contribution in [-0.2, 0) is 4.79 Å². The second kappa shape index (κ2) is 3.05. The van der Waals surface area contributed by atoms with Crippen LogP contribution in [0.3, 0.4) is 0 Å². The van der Waals surface area contributed by atoms with E-state index in [-0.39, 0.29) is 11.4 Å². The van der Waals surface area contributed by atoms with Gasteiger partial charge in [0.15, 0.2) is 0 Å². The number of aliphatic hydroxyl groups excluding tert-OH is 1. The van der Waals surface area contributed by atoms with Crippen LogP contribution in [0, 0.1) is 0 Å². The highest BCUT2D eigenvalue weighted by molar-refractivity contribution is 5.81. The highest BCUT2D eigenvalue weighted by atomic mass is 16.3. The molecule has 3 nitrogen and oxygen atoms in total. The van der Waals surface area contributed by atoms with Crippen molar-refractivity contribution < 1.29 is 9.90 Å². The summed E-state index contributed by atoms with van der Waals surface area (Å²) in [6.07, 6.45) is 1.22. The quantitative estimate of drug-likeness (QED) is 0.633. The minimum absolute atomic E-state index is 0.0614. The standard InChI is InChI=1S/C9H17NO2/c1-7(11)8(12)10-6-4-5-9(10,2)3/h7,11H,4-6H2,1-3H3/t7-/m1/s1. The average Bonchev–Trinajstić information content (AvgIpc) is 2.27. The number of nitrogens with zero attached hydrogens (tertiary/aromatic N) is 1. The van der Waals surface area contributed by atoms with E-state index < -0.39 is 6.10 Å². The summed E-state index contributed by atoms with van der Waals surface area (Å²) in [5, 5.41) is 9.12. The number of aliphatic hydroxyl groups is 1. The van der Waals surface area contributed by atoms with Crippen LogP contribution in [0.25, 0.3) is 0 Å². The topological polar surface area (TPSA) is 40.5 Å². The van der Waals surface area contributed by atoms with Crippen LogP contribution in [0.15, 0.2) is 0 Å². The first-order valence-corrected chi connectivity index (χ1v) is 4.45. The summed E-state index contributed by atoms with van der Waals surface area (Å²) >= 11 is 0. The Kier molecular flexibility index (Phi) is 2.42. The van der Waals surface area contributed by atoms with Crippen molar-refractivity contribution in [2.75, 3.05) is 6.54 Å². The third kappa shape index (κ3) is 1.61. The van der Waals surface area contributed by atoms with Gasteiger partial charge >= 0.3 is 0 Å². The molecule has 0 radical (unpaired) electrons. The first kappa shape index (κ1) is 9.52. The zero-order valence-electron chi connectivity index (χ0n) is 8.00. The second-order valence-electron chi connectivity index (χ2n) is 4.08. The summed E-state index contributed by atoms with van der Waals surface area (Å²) in [6.45, 7) is 6.40. The summed E-state index contributed by atoms with van der Waals surface area (Å²) < 4.78 is 0. The van der Waals surface area contributed by atoms with Crippen molar-refractivity contribution in [1.29, 1.82) is 0 Å². The summed E-state index contributed by atoms with van der Waals surface area (Å²) in [6, 6.07) is 0. The molecule has 1 aliphatic rings. The van der Waals surface area contributed by atoms with E-state index in [1.54, 1.807) is 4.90 Å². The molecule has 0 aliphatic carbocycles. The predicted molar refractivity (Wildman–Crippen MR) is 46.7 cm³/mol. The molecule has 0 unspecified atom stereocenters. The molecule has 0 bridgehead atoms. The van der Waals surface area contributed by atoms with Gasteiger partial charge in [-0.15, -0.1) is 0 Å². The van der Waals surface area contributed by atoms with E-state index in [9.17, 15) is 4.79 Å². The van der Waals surface area contributed by atoms with Crippen LogP contribution in [-0.4, -0.2) is 34.1 Å². The van der Waals surface area contributed by atoms with Gasteiger partial charge in [0.05, 0.1) is 0 Å². The summed E-state index contributed by atoms with van der Waals surface area (Å²) in [4.78, 5) is 13.2. The fourth-order valence-electron chi connectivity index (χ4n) is 1.74. The van der Waals surface area contributed by atoms with Crippen molar-refractivity contribution in [3.05, 3.63) is 0 Å². The maximum Gasteiger partial charge on any atom is 0.251 e. The van der Waals surface area contributed by atoms with Crippen LogP contribution in [0.4, 0.5) is 0 Å². The molecule has 1 amide bonds. The molecule has 1 atom stereocenters. The molecule has 1 aliphatic heterocycles. The maximum absolute atomic E-state index is 11.4. The van der Waals surface area contributed by atoms with Gasteiger partial charge in [0.1, 0.15) is 6.10 Å². The second-order valence-corrected chi connectivity index (χ2v) is 4.08. The van der Waals surface area contributed by atoms with Crippen LogP contribution in [0.5, 0.6) is 0 Å². The minimum Gasteiger partial charge on any atom is -0.384 e. The van der Waals surface area contributed by atoms with Gasteiger partial charge in [-0.05, 0) is 33.6 Å². The van der Waals surface area contributed by atoms with Gasteiger partial charge in [-0.25, -0.2) is 0 Å². The molecule has 0 spiro atoms. The zero-order valence-corrected chi connectivity index (χ0v) is 8.00. The van der Waals surface area contributed by atoms with Gasteiger partial charge in [0.2, 0.25) is 0 Å². The van der Waals surface area contributed by atoms with E-state index in [0.29, 0.717) is 0 Å². The number of rotatable bonds is 1. The van der Waals surface area contributed by atoms with E-state index in [0.717, 1.165) is 19.4 Å². The Bertz CT molecular complexity index is 187. The van der Waals surface area contributed by atoms with Gasteiger partial charge in [-0.2, -0.15) is 0 Å². The number of amides is 1. The molecular formula is C9H17NO2. The van der Waals surface area contributed by atoms with E-state index in [1.807, 2.05) is 13.8 Å². The lowest BCUT2D eigenvalue weighted by Gasteiger charge is -2.32. The first-order chi connectivity index (χ1) is 5.45. The molecule has 0 aromatic rings. The Hall–Kier alpha value is -0.570. The Labute approximate surface area is 73.4 Å². The van der Waals surface area contributed by atoms with Crippen LogP contribution in [0.2, 0.25) is 0 Å². The molecule has 1 saturated heterocycles. The summed E-state index contributed by atoms with van der Waals surface area (Å²) in [5.41, 5.74) is -0.0614. The fourth-order valence-corrected chi connectivity index (χ4v) is 1.74. The fraction of sp³-hybridized carbons (Fsp3) is 0.889. The Morgan fingerprint density at radius 1 is 1.58 bits per heavy atom. The highest BCUT2D eigenvalue weighted by Crippen LogP contribution is 2.28. The smallest absolute Gasteiger partial charge is 0.251 e. The van der Waals surface area contributed by atoms with Crippen molar-refractivity contribution in [1.82, 2.24) is 4.90 Å². The molecule has 1 N–H and O–H groups in total. The number of likely N-dealkylation sites (tertiary alicyclic amines) is 1. The third-order valence-corrected chi connectivity index (χ3v) is 2.52. The number of carbonyl (C=O) groups excluding carboxylic acids is 1. The molecule has 70 valence electrons. The Morgan fingerprint density at radius 2 is 2.17 bits per heavy atom. The minimum atomic E-state index is -0.859. The Balaban J connectivity index is 2.69. The molecule has 12 heavy (non-hydrogen) atoms. The number of carbonyl (C=O) groups is 1. The molecule has 3 heteroatoms. The van der Waals surface area contributed by atoms with Crippen molar-refractivity contribution in [2.24, 2.45) is 0 Å². The zero-order chi connectivity index (χ0) is 9.35. The lowest BCUT2D eigenvalue weighted by molar-refractivity contribution is -0.142. The van der Waals surface area contributed by atoms with E-state index in [4.69, 9.17) is 5.11 Å². The van der Waals surface area contributed by atoms with Crippen LogP contribution in [0.1, 0.15) is 33.6 Å². The average molecular weight is 171 g/mol. The maximum atomic E-state index is 11.4. The van der Waals surface area contributed by atoms with Gasteiger partial charge < -0.3 is 10.0 Å². The van der Waals surface area contributed by atoms with Crippen molar-refractivity contribution in [3.63, 3.8) is 0 Å². The van der Waals surface area contributed by atoms with E-state index in [2.05, 4.69) is 0 Å². The predicted octanol–water partition coefficient (Wildman–Crippen LogP) is 0.768. The van der Waals surface area contributed by atoms with Crippen LogP contribution < -0.4 is 0 Å². The summed E-state index contributed by atoms with van der Waals surface area (Å²) in [5.74, 6) is -0.141. The van der Waals surface area contributed by atoms with Crippen LogP contribution >= 0.6 is 0 Å². The largest absolute Gasteiger partial charge is 0.384 e. The Morgan fingerprint density at radius 3 is 2.50 bits per heavy atom. The van der Waals surface area contributed by atoms with Gasteiger partial charge in [0, 0.05) is 12.1 Å². The molecule has 1 rings (SSSR count). The lowest BCUT2D eigenvalue weighted by Crippen LogP contribution is -2.46. The summed E-state index contributed by atoms with van der Waals surface area (Å²) in [7, 11) is 0. The van der Waals surface area contributed by atoms with Gasteiger partial charge in [-0.3, -0.25) is 4.79 Å². The molecule has 1 heterocycles. The molecule has 1 fully saturated rings. The van der Waals surface area contributed by atoms with Crippen molar-refractivity contribution in [2.45, 2.75) is 45.3 Å². The number of hydrogen-bond donors (Lipinski definition) is 1. The van der Waals surface area contributed by atoms with Gasteiger partial charge in [0.25, 0.3) is 5.91 Å². The first-order valence-electron chi connectivity index (χ1n) is 4.45. The van der Waals surface area contributed by atoms with E-state index in [1.165, 1.54) is 6.92 Å². The third-order valence-electron chi connectivity index (χ3n) is 2.52. The SMILES string of the molecule is C[C@@H](O)C(=O)N1CCCC1(C)C. The molecule has 0 aromatic carbocycles.